The van der Waals surface area contributed by atoms with E-state index in [9.17, 15) is 13.2 Å². The lowest BCUT2D eigenvalue weighted by molar-refractivity contribution is -0.0440. The Bertz CT molecular complexity index is 988. The summed E-state index contributed by atoms with van der Waals surface area (Å²) in [4.78, 5) is 12.5. The maximum absolute atomic E-state index is 13.0. The molecule has 1 N–H and O–H groups in total. The molecule has 1 aliphatic heterocycles. The van der Waals surface area contributed by atoms with Gasteiger partial charge in [0.05, 0.1) is 23.6 Å². The van der Waals surface area contributed by atoms with Crippen LogP contribution in [-0.4, -0.2) is 57.1 Å². The summed E-state index contributed by atoms with van der Waals surface area (Å²) in [5.74, 6) is 0.240. The van der Waals surface area contributed by atoms with Gasteiger partial charge in [-0.25, -0.2) is 8.42 Å². The number of morpholine rings is 1. The molecule has 1 saturated heterocycles. The molecular weight excluding hydrogens is 428 g/mol. The number of sulfonamides is 1. The lowest BCUT2D eigenvalue weighted by atomic mass is 10.2. The molecule has 2 aromatic carbocycles. The molecule has 0 saturated carbocycles. The molecule has 0 aromatic heterocycles. The van der Waals surface area contributed by atoms with E-state index >= 15 is 0 Å². The lowest BCUT2D eigenvalue weighted by Gasteiger charge is -2.34. The molecule has 3 rings (SSSR count). The molecule has 0 aliphatic carbocycles. The number of amides is 1. The highest BCUT2D eigenvalue weighted by atomic mass is 35.5. The molecule has 1 aliphatic rings. The molecule has 7 nitrogen and oxygen atoms in total. The molecule has 0 spiro atoms. The number of nitrogens with zero attached hydrogens (tertiary/aromatic N) is 1. The first-order chi connectivity index (χ1) is 14.3. The second-order valence-electron chi connectivity index (χ2n) is 7.17. The first-order valence-corrected chi connectivity index (χ1v) is 11.5. The van der Waals surface area contributed by atoms with Crippen LogP contribution in [-0.2, 0) is 14.8 Å². The van der Waals surface area contributed by atoms with Gasteiger partial charge in [-0.2, -0.15) is 4.31 Å². The van der Waals surface area contributed by atoms with Crippen molar-refractivity contribution in [2.24, 2.45) is 0 Å². The molecule has 0 bridgehead atoms. The third kappa shape index (κ3) is 5.72. The first kappa shape index (κ1) is 22.6. The van der Waals surface area contributed by atoms with Crippen LogP contribution in [0, 0.1) is 0 Å². The van der Waals surface area contributed by atoms with E-state index in [-0.39, 0.29) is 54.8 Å². The molecule has 30 heavy (non-hydrogen) atoms. The number of ether oxygens (including phenoxy) is 2. The van der Waals surface area contributed by atoms with Crippen LogP contribution in [0.5, 0.6) is 5.75 Å². The number of halogens is 1. The summed E-state index contributed by atoms with van der Waals surface area (Å²) < 4.78 is 38.6. The molecule has 0 radical (unpaired) electrons. The minimum atomic E-state index is -3.71. The van der Waals surface area contributed by atoms with Crippen LogP contribution in [0.4, 0.5) is 0 Å². The van der Waals surface area contributed by atoms with Crippen molar-refractivity contribution in [1.29, 1.82) is 0 Å². The fraction of sp³-hybridized carbons (Fsp3) is 0.381. The Balaban J connectivity index is 1.60. The lowest BCUT2D eigenvalue weighted by Crippen LogP contribution is -2.48. The molecule has 2 aromatic rings. The van der Waals surface area contributed by atoms with E-state index in [1.54, 1.807) is 36.4 Å². The fourth-order valence-corrected chi connectivity index (χ4v) is 5.08. The molecule has 9 heteroatoms. The van der Waals surface area contributed by atoms with Crippen molar-refractivity contribution in [3.8, 4) is 5.75 Å². The number of carbonyl (C=O) groups excluding carboxylic acids is 1. The maximum Gasteiger partial charge on any atom is 0.251 e. The zero-order chi connectivity index (χ0) is 21.7. The number of nitrogens with one attached hydrogen (secondary N) is 1. The summed E-state index contributed by atoms with van der Waals surface area (Å²) in [5.41, 5.74) is 0.271. The van der Waals surface area contributed by atoms with Crippen molar-refractivity contribution in [1.82, 2.24) is 9.62 Å². The van der Waals surface area contributed by atoms with E-state index in [4.69, 9.17) is 21.1 Å². The van der Waals surface area contributed by atoms with Crippen LogP contribution in [0.25, 0.3) is 0 Å². The summed E-state index contributed by atoms with van der Waals surface area (Å²) in [5, 5.41) is 3.30. The van der Waals surface area contributed by atoms with Crippen LogP contribution in [0.15, 0.2) is 53.4 Å². The van der Waals surface area contributed by atoms with Crippen molar-refractivity contribution in [3.05, 3.63) is 59.1 Å². The first-order valence-electron chi connectivity index (χ1n) is 9.68. The molecule has 2 atom stereocenters. The van der Waals surface area contributed by atoms with E-state index in [2.05, 4.69) is 5.32 Å². The Morgan fingerprint density at radius 3 is 2.57 bits per heavy atom. The highest BCUT2D eigenvalue weighted by Gasteiger charge is 2.32. The zero-order valence-corrected chi connectivity index (χ0v) is 18.4. The van der Waals surface area contributed by atoms with Gasteiger partial charge >= 0.3 is 0 Å². The average Bonchev–Trinajstić information content (AvgIpc) is 2.70. The van der Waals surface area contributed by atoms with Crippen molar-refractivity contribution in [2.75, 3.05) is 26.2 Å². The Morgan fingerprint density at radius 2 is 1.87 bits per heavy atom. The Kier molecular flexibility index (Phi) is 7.36. The molecule has 2 unspecified atom stereocenters. The summed E-state index contributed by atoms with van der Waals surface area (Å²) in [6.45, 7) is 4.77. The van der Waals surface area contributed by atoms with Gasteiger partial charge in [0.2, 0.25) is 10.0 Å². The van der Waals surface area contributed by atoms with E-state index in [1.807, 2.05) is 13.8 Å². The van der Waals surface area contributed by atoms with Gasteiger partial charge in [-0.1, -0.05) is 23.7 Å². The van der Waals surface area contributed by atoms with Crippen LogP contribution in [0.1, 0.15) is 24.2 Å². The molecule has 162 valence electrons. The van der Waals surface area contributed by atoms with Crippen molar-refractivity contribution < 1.29 is 22.7 Å². The fourth-order valence-electron chi connectivity index (χ4n) is 3.27. The maximum atomic E-state index is 13.0. The predicted molar refractivity (Wildman–Crippen MR) is 114 cm³/mol. The van der Waals surface area contributed by atoms with Crippen LogP contribution in [0.3, 0.4) is 0 Å². The Hall–Kier alpha value is -2.13. The van der Waals surface area contributed by atoms with Crippen molar-refractivity contribution >= 4 is 27.5 Å². The number of rotatable bonds is 7. The topological polar surface area (TPSA) is 84.9 Å². The summed E-state index contributed by atoms with van der Waals surface area (Å²) in [7, 11) is -3.71. The normalized spacial score (nSPS) is 20.0. The van der Waals surface area contributed by atoms with Gasteiger partial charge in [-0.05, 0) is 50.2 Å². The summed E-state index contributed by atoms with van der Waals surface area (Å²) >= 11 is 5.90. The number of hydrogen-bond donors (Lipinski definition) is 1. The van der Waals surface area contributed by atoms with E-state index in [1.165, 1.54) is 16.4 Å². The molecular formula is C21H25ClN2O5S. The SMILES string of the molecule is CC1CN(S(=O)(=O)c2cccc(C(=O)NCCOc3cccc(Cl)c3)c2)CC(C)O1. The van der Waals surface area contributed by atoms with E-state index < -0.39 is 10.0 Å². The van der Waals surface area contributed by atoms with Gasteiger partial charge in [0.1, 0.15) is 12.4 Å². The molecule has 1 fully saturated rings. The van der Waals surface area contributed by atoms with Gasteiger partial charge < -0.3 is 14.8 Å². The van der Waals surface area contributed by atoms with Gasteiger partial charge in [0, 0.05) is 23.7 Å². The van der Waals surface area contributed by atoms with Gasteiger partial charge in [-0.15, -0.1) is 0 Å². The summed E-state index contributed by atoms with van der Waals surface area (Å²) in [6, 6.07) is 13.0. The highest BCUT2D eigenvalue weighted by Crippen LogP contribution is 2.22. The van der Waals surface area contributed by atoms with Crippen LogP contribution >= 0.6 is 11.6 Å². The zero-order valence-electron chi connectivity index (χ0n) is 16.9. The van der Waals surface area contributed by atoms with Gasteiger partial charge in [0.25, 0.3) is 5.91 Å². The number of carbonyl (C=O) groups is 1. The van der Waals surface area contributed by atoms with Crippen molar-refractivity contribution in [3.63, 3.8) is 0 Å². The third-order valence-corrected chi connectivity index (χ3v) is 6.64. The standard InChI is InChI=1S/C21H25ClN2O5S/c1-15-13-24(14-16(2)29-15)30(26,27)20-8-3-5-17(11-20)21(25)23-9-10-28-19-7-4-6-18(22)12-19/h3-8,11-12,15-16H,9-10,13-14H2,1-2H3,(H,23,25). The summed E-state index contributed by atoms with van der Waals surface area (Å²) in [6.07, 6.45) is -0.371. The minimum Gasteiger partial charge on any atom is -0.492 e. The van der Waals surface area contributed by atoms with Crippen LogP contribution < -0.4 is 10.1 Å². The number of hydrogen-bond acceptors (Lipinski definition) is 5. The van der Waals surface area contributed by atoms with Crippen molar-refractivity contribution in [2.45, 2.75) is 31.0 Å². The molecule has 1 heterocycles. The Labute approximate surface area is 182 Å². The quantitative estimate of drug-likeness (QED) is 0.653. The largest absolute Gasteiger partial charge is 0.492 e. The van der Waals surface area contributed by atoms with Gasteiger partial charge in [0.15, 0.2) is 0 Å². The smallest absolute Gasteiger partial charge is 0.251 e. The molecule has 1 amide bonds. The highest BCUT2D eigenvalue weighted by molar-refractivity contribution is 7.89. The second-order valence-corrected chi connectivity index (χ2v) is 9.54. The number of benzene rings is 2. The second kappa shape index (κ2) is 9.78. The Morgan fingerprint density at radius 1 is 1.17 bits per heavy atom. The van der Waals surface area contributed by atoms with E-state index in [0.29, 0.717) is 10.8 Å². The monoisotopic (exact) mass is 452 g/mol. The minimum absolute atomic E-state index is 0.0895. The average molecular weight is 453 g/mol. The van der Waals surface area contributed by atoms with Crippen LogP contribution in [0.2, 0.25) is 5.02 Å². The predicted octanol–water partition coefficient (Wildman–Crippen LogP) is 2.95. The third-order valence-electron chi connectivity index (χ3n) is 4.57. The van der Waals surface area contributed by atoms with Gasteiger partial charge in [-0.3, -0.25) is 4.79 Å². The van der Waals surface area contributed by atoms with E-state index in [0.717, 1.165) is 0 Å².